The van der Waals surface area contributed by atoms with Gasteiger partial charge in [0.15, 0.2) is 23.5 Å². The van der Waals surface area contributed by atoms with Gasteiger partial charge in [0.25, 0.3) is 0 Å². The molecule has 0 aliphatic carbocycles. The lowest BCUT2D eigenvalue weighted by molar-refractivity contribution is -0.0513. The maximum Gasteiger partial charge on any atom is 0.469 e. The standard InChI is InChI=1S/C10H15ClN5O7P/c11-7-4-8(15-10(12)14-7)16(2-13-4)9-6(18)5(17)3(23-9)1-22-24(19,20)21/h2-3,5-7,9,17-18H,1H2,(H3,12,14,15)(H2,19,20,21)/t3-,5?,6?,7?,9-/m1/s1. The van der Waals surface area contributed by atoms with E-state index in [0.717, 1.165) is 0 Å². The molecule has 0 radical (unpaired) electrons. The summed E-state index contributed by atoms with van der Waals surface area (Å²) in [5, 5.41) is 22.8. The molecule has 1 saturated heterocycles. The van der Waals surface area contributed by atoms with Crippen molar-refractivity contribution in [3.63, 3.8) is 0 Å². The zero-order valence-corrected chi connectivity index (χ0v) is 13.6. The Morgan fingerprint density at radius 3 is 2.83 bits per heavy atom. The third-order valence-electron chi connectivity index (χ3n) is 3.55. The Kier molecular flexibility index (Phi) is 4.57. The summed E-state index contributed by atoms with van der Waals surface area (Å²) in [5.41, 5.74) is 5.23. The van der Waals surface area contributed by atoms with Crippen LogP contribution >= 0.6 is 19.4 Å². The van der Waals surface area contributed by atoms with Crippen LogP contribution in [0.1, 0.15) is 17.4 Å². The van der Waals surface area contributed by atoms with Crippen molar-refractivity contribution in [3.05, 3.63) is 12.0 Å². The first-order valence-corrected chi connectivity index (χ1v) is 8.67. The number of aliphatic hydroxyl groups excluding tert-OH is 2. The summed E-state index contributed by atoms with van der Waals surface area (Å²) >= 11 is 6.05. The molecule has 1 aromatic heterocycles. The van der Waals surface area contributed by atoms with Crippen molar-refractivity contribution in [2.24, 2.45) is 10.7 Å². The Bertz CT molecular complexity index is 708. The molecular formula is C10H15ClN5O7P. The molecular weight excluding hydrogens is 369 g/mol. The van der Waals surface area contributed by atoms with Crippen molar-refractivity contribution >= 4 is 31.2 Å². The number of guanidine groups is 1. The molecule has 0 aromatic carbocycles. The fourth-order valence-corrected chi connectivity index (χ4v) is 3.07. The fourth-order valence-electron chi connectivity index (χ4n) is 2.46. The van der Waals surface area contributed by atoms with Gasteiger partial charge in [0.05, 0.1) is 12.9 Å². The number of aliphatic imine (C=N–C) groups is 1. The van der Waals surface area contributed by atoms with Crippen LogP contribution in [0.3, 0.4) is 0 Å². The lowest BCUT2D eigenvalue weighted by Gasteiger charge is -2.21. The van der Waals surface area contributed by atoms with Gasteiger partial charge in [-0.2, -0.15) is 4.99 Å². The first-order chi connectivity index (χ1) is 11.2. The number of hydrogen-bond acceptors (Lipinski definition) is 9. The monoisotopic (exact) mass is 383 g/mol. The highest BCUT2D eigenvalue weighted by molar-refractivity contribution is 7.46. The van der Waals surface area contributed by atoms with E-state index in [1.807, 2.05) is 0 Å². The number of halogens is 1. The van der Waals surface area contributed by atoms with E-state index in [0.29, 0.717) is 5.69 Å². The molecule has 3 unspecified atom stereocenters. The van der Waals surface area contributed by atoms with E-state index in [1.165, 1.54) is 10.9 Å². The van der Waals surface area contributed by atoms with Gasteiger partial charge in [-0.3, -0.25) is 9.09 Å². The van der Waals surface area contributed by atoms with Crippen LogP contribution < -0.4 is 11.1 Å². The molecule has 2 aliphatic heterocycles. The minimum Gasteiger partial charge on any atom is -0.387 e. The topological polar surface area (TPSA) is 185 Å². The third-order valence-corrected chi connectivity index (χ3v) is 4.36. The molecule has 1 aromatic rings. The molecule has 24 heavy (non-hydrogen) atoms. The number of phosphoric acid groups is 1. The van der Waals surface area contributed by atoms with E-state index >= 15 is 0 Å². The Balaban J connectivity index is 1.83. The van der Waals surface area contributed by atoms with Crippen LogP contribution in [-0.4, -0.2) is 60.4 Å². The van der Waals surface area contributed by atoms with Gasteiger partial charge in [0.2, 0.25) is 0 Å². The quantitative estimate of drug-likeness (QED) is 0.201. The van der Waals surface area contributed by atoms with Gasteiger partial charge < -0.3 is 35.8 Å². The molecule has 0 bridgehead atoms. The summed E-state index contributed by atoms with van der Waals surface area (Å²) in [7, 11) is -4.74. The summed E-state index contributed by atoms with van der Waals surface area (Å²) in [4.78, 5) is 25.5. The average Bonchev–Trinajstić information content (AvgIpc) is 3.00. The Morgan fingerprint density at radius 2 is 2.17 bits per heavy atom. The maximum absolute atomic E-state index is 10.8. The zero-order valence-electron chi connectivity index (χ0n) is 11.9. The van der Waals surface area contributed by atoms with Gasteiger partial charge in [-0.25, -0.2) is 9.55 Å². The Hall–Kier alpha value is -1.24. The van der Waals surface area contributed by atoms with Crippen molar-refractivity contribution < 1.29 is 33.8 Å². The molecule has 2 aliphatic rings. The van der Waals surface area contributed by atoms with E-state index < -0.39 is 44.5 Å². The molecule has 5 atom stereocenters. The largest absolute Gasteiger partial charge is 0.469 e. The predicted molar refractivity (Wildman–Crippen MR) is 79.2 cm³/mol. The normalized spacial score (nSPS) is 33.0. The molecule has 14 heteroatoms. The molecule has 0 saturated carbocycles. The first kappa shape index (κ1) is 17.6. The number of nitrogens with zero attached hydrogens (tertiary/aromatic N) is 3. The van der Waals surface area contributed by atoms with Crippen molar-refractivity contribution in [1.82, 2.24) is 14.9 Å². The molecule has 3 heterocycles. The number of phosphoric ester groups is 1. The summed E-state index contributed by atoms with van der Waals surface area (Å²) in [5.74, 6) is 0.276. The average molecular weight is 384 g/mol. The highest BCUT2D eigenvalue weighted by atomic mass is 35.5. The zero-order chi connectivity index (χ0) is 17.6. The number of imidazole rings is 1. The molecule has 1 fully saturated rings. The minimum atomic E-state index is -4.74. The minimum absolute atomic E-state index is 0.0404. The number of aliphatic hydroxyl groups is 2. The number of alkyl halides is 1. The van der Waals surface area contributed by atoms with Crippen LogP contribution in [-0.2, 0) is 13.8 Å². The van der Waals surface area contributed by atoms with Gasteiger partial charge in [0.1, 0.15) is 24.0 Å². The van der Waals surface area contributed by atoms with E-state index in [2.05, 4.69) is 19.8 Å². The van der Waals surface area contributed by atoms with Gasteiger partial charge in [-0.15, -0.1) is 0 Å². The molecule has 134 valence electrons. The highest BCUT2D eigenvalue weighted by Crippen LogP contribution is 2.40. The predicted octanol–water partition coefficient (Wildman–Crippen LogP) is -1.60. The number of hydrogen-bond donors (Lipinski definition) is 6. The molecule has 7 N–H and O–H groups in total. The van der Waals surface area contributed by atoms with E-state index in [9.17, 15) is 14.8 Å². The maximum atomic E-state index is 10.8. The Labute approximate surface area is 140 Å². The van der Waals surface area contributed by atoms with Gasteiger partial charge in [-0.1, -0.05) is 11.6 Å². The van der Waals surface area contributed by atoms with Crippen LogP contribution in [0, 0.1) is 0 Å². The van der Waals surface area contributed by atoms with Crippen molar-refractivity contribution in [1.29, 1.82) is 0 Å². The number of fused-ring (bicyclic) bond motifs is 1. The molecule has 12 nitrogen and oxygen atoms in total. The summed E-state index contributed by atoms with van der Waals surface area (Å²) in [6, 6.07) is 0. The number of nitrogens with two attached hydrogens (primary N) is 1. The lowest BCUT2D eigenvalue weighted by atomic mass is 10.1. The van der Waals surface area contributed by atoms with E-state index in [4.69, 9.17) is 31.9 Å². The number of aromatic nitrogens is 2. The van der Waals surface area contributed by atoms with Crippen molar-refractivity contribution in [2.75, 3.05) is 6.61 Å². The van der Waals surface area contributed by atoms with E-state index in [-0.39, 0.29) is 11.8 Å². The second kappa shape index (κ2) is 6.24. The van der Waals surface area contributed by atoms with Gasteiger partial charge in [-0.05, 0) is 0 Å². The molecule has 3 rings (SSSR count). The van der Waals surface area contributed by atoms with Crippen LogP contribution in [0.15, 0.2) is 11.3 Å². The number of rotatable bonds is 4. The Morgan fingerprint density at radius 1 is 1.46 bits per heavy atom. The van der Waals surface area contributed by atoms with Crippen molar-refractivity contribution in [3.8, 4) is 0 Å². The summed E-state index contributed by atoms with van der Waals surface area (Å²) in [6.45, 7) is -0.610. The second-order valence-electron chi connectivity index (χ2n) is 5.20. The lowest BCUT2D eigenvalue weighted by Crippen LogP contribution is -2.36. The molecule has 0 amide bonds. The van der Waals surface area contributed by atoms with Crippen LogP contribution in [0.5, 0.6) is 0 Å². The van der Waals surface area contributed by atoms with E-state index in [1.54, 1.807) is 0 Å². The highest BCUT2D eigenvalue weighted by Gasteiger charge is 2.45. The second-order valence-corrected chi connectivity index (χ2v) is 6.87. The van der Waals surface area contributed by atoms with Gasteiger partial charge >= 0.3 is 7.82 Å². The summed E-state index contributed by atoms with van der Waals surface area (Å²) in [6.07, 6.45) is -3.81. The molecule has 0 spiro atoms. The fraction of sp³-hybridized carbons (Fsp3) is 0.600. The van der Waals surface area contributed by atoms with Crippen molar-refractivity contribution in [2.45, 2.75) is 30.0 Å². The van der Waals surface area contributed by atoms with Crippen LogP contribution in [0.2, 0.25) is 0 Å². The SMILES string of the molecule is NC1=Nc2c(ncn2[C@@H]2O[C@H](COP(=O)(O)O)C(O)C2O)C(Cl)N1. The van der Waals surface area contributed by atoms with Crippen LogP contribution in [0.4, 0.5) is 5.82 Å². The number of ether oxygens (including phenoxy) is 1. The third kappa shape index (κ3) is 3.27. The number of nitrogens with one attached hydrogen (secondary N) is 1. The van der Waals surface area contributed by atoms with Crippen LogP contribution in [0.25, 0.3) is 0 Å². The van der Waals surface area contributed by atoms with Gasteiger partial charge in [0, 0.05) is 0 Å². The summed E-state index contributed by atoms with van der Waals surface area (Å²) < 4.78 is 21.8. The first-order valence-electron chi connectivity index (χ1n) is 6.70. The smallest absolute Gasteiger partial charge is 0.387 e.